The summed E-state index contributed by atoms with van der Waals surface area (Å²) in [6, 6.07) is 5.95. The van der Waals surface area contributed by atoms with Crippen molar-refractivity contribution in [2.75, 3.05) is 40.4 Å². The number of ether oxygens (including phenoxy) is 2. The van der Waals surface area contributed by atoms with Gasteiger partial charge in [0.25, 0.3) is 0 Å². The fraction of sp³-hybridized carbons (Fsp3) is 0.600. The average Bonchev–Trinajstić information content (AvgIpc) is 2.86. The van der Waals surface area contributed by atoms with Crippen molar-refractivity contribution in [1.82, 2.24) is 9.80 Å². The number of amides is 2. The molecule has 0 aromatic heterocycles. The summed E-state index contributed by atoms with van der Waals surface area (Å²) >= 11 is 0. The van der Waals surface area contributed by atoms with Crippen molar-refractivity contribution in [3.05, 3.63) is 29.3 Å². The van der Waals surface area contributed by atoms with Crippen LogP contribution in [0.15, 0.2) is 18.2 Å². The topological polar surface area (TPSA) is 59.1 Å². The van der Waals surface area contributed by atoms with Gasteiger partial charge in [-0.15, -0.1) is 0 Å². The first kappa shape index (κ1) is 20.1. The summed E-state index contributed by atoms with van der Waals surface area (Å²) in [5.74, 6) is 0.930. The number of benzene rings is 1. The fourth-order valence-corrected chi connectivity index (χ4v) is 3.22. The van der Waals surface area contributed by atoms with E-state index in [1.54, 1.807) is 12.0 Å². The first-order valence-electron chi connectivity index (χ1n) is 9.04. The van der Waals surface area contributed by atoms with E-state index in [1.807, 2.05) is 17.0 Å². The van der Waals surface area contributed by atoms with E-state index >= 15 is 0 Å². The Kier molecular flexibility index (Phi) is 6.51. The van der Waals surface area contributed by atoms with Crippen LogP contribution >= 0.6 is 0 Å². The molecule has 0 spiro atoms. The first-order chi connectivity index (χ1) is 12.3. The van der Waals surface area contributed by atoms with Crippen LogP contribution in [0.25, 0.3) is 0 Å². The average molecular weight is 362 g/mol. The van der Waals surface area contributed by atoms with Crippen LogP contribution in [0.4, 0.5) is 4.79 Å². The molecule has 6 nitrogen and oxygen atoms in total. The molecule has 0 aliphatic carbocycles. The van der Waals surface area contributed by atoms with Gasteiger partial charge in [-0.1, -0.05) is 32.9 Å². The molecule has 0 saturated carbocycles. The SMILES string of the molecule is COC(=O)N1CCCN(C(=O)Cc2ccc(OC)c(C(C)(C)C)c2)CC1. The fourth-order valence-electron chi connectivity index (χ4n) is 3.22. The zero-order chi connectivity index (χ0) is 19.3. The van der Waals surface area contributed by atoms with Crippen LogP contribution in [0.5, 0.6) is 5.75 Å². The van der Waals surface area contributed by atoms with Crippen molar-refractivity contribution in [3.63, 3.8) is 0 Å². The Bertz CT molecular complexity index is 652. The van der Waals surface area contributed by atoms with Gasteiger partial charge in [0.2, 0.25) is 5.91 Å². The summed E-state index contributed by atoms with van der Waals surface area (Å²) in [7, 11) is 3.05. The van der Waals surface area contributed by atoms with Crippen LogP contribution in [0, 0.1) is 0 Å². The molecule has 2 amide bonds. The molecule has 0 unspecified atom stereocenters. The van der Waals surface area contributed by atoms with Gasteiger partial charge in [-0.25, -0.2) is 4.79 Å². The Hall–Kier alpha value is -2.24. The predicted octanol–water partition coefficient (Wildman–Crippen LogP) is 2.84. The minimum atomic E-state index is -0.329. The zero-order valence-electron chi connectivity index (χ0n) is 16.5. The summed E-state index contributed by atoms with van der Waals surface area (Å²) in [5, 5.41) is 0. The number of carbonyl (C=O) groups excluding carboxylic acids is 2. The number of hydrogen-bond acceptors (Lipinski definition) is 4. The summed E-state index contributed by atoms with van der Waals surface area (Å²) in [6.45, 7) is 8.72. The van der Waals surface area contributed by atoms with Gasteiger partial charge in [0.1, 0.15) is 5.75 Å². The molecule has 1 aliphatic heterocycles. The molecule has 1 saturated heterocycles. The molecule has 26 heavy (non-hydrogen) atoms. The zero-order valence-corrected chi connectivity index (χ0v) is 16.5. The van der Waals surface area contributed by atoms with E-state index in [2.05, 4.69) is 26.8 Å². The molecule has 1 aliphatic rings. The molecular formula is C20H30N2O4. The van der Waals surface area contributed by atoms with Crippen LogP contribution < -0.4 is 4.74 Å². The molecule has 1 heterocycles. The number of rotatable bonds is 3. The van der Waals surface area contributed by atoms with Crippen molar-refractivity contribution < 1.29 is 19.1 Å². The molecule has 1 aromatic rings. The van der Waals surface area contributed by atoms with Crippen LogP contribution in [-0.2, 0) is 21.4 Å². The minimum absolute atomic E-state index is 0.0615. The van der Waals surface area contributed by atoms with E-state index in [4.69, 9.17) is 9.47 Å². The van der Waals surface area contributed by atoms with Crippen LogP contribution in [0.1, 0.15) is 38.3 Å². The van der Waals surface area contributed by atoms with Gasteiger partial charge >= 0.3 is 6.09 Å². The molecule has 1 fully saturated rings. The van der Waals surface area contributed by atoms with E-state index in [0.717, 1.165) is 23.3 Å². The second-order valence-corrected chi connectivity index (χ2v) is 7.65. The van der Waals surface area contributed by atoms with Crippen molar-refractivity contribution in [2.45, 2.75) is 39.0 Å². The Labute approximate surface area is 156 Å². The lowest BCUT2D eigenvalue weighted by Crippen LogP contribution is -2.37. The molecule has 6 heteroatoms. The van der Waals surface area contributed by atoms with Crippen LogP contribution in [0.3, 0.4) is 0 Å². The van der Waals surface area contributed by atoms with E-state index in [9.17, 15) is 9.59 Å². The Balaban J connectivity index is 2.07. The number of hydrogen-bond donors (Lipinski definition) is 0. The lowest BCUT2D eigenvalue weighted by Gasteiger charge is -2.24. The van der Waals surface area contributed by atoms with Crippen molar-refractivity contribution in [3.8, 4) is 5.75 Å². The molecule has 0 radical (unpaired) electrons. The van der Waals surface area contributed by atoms with Gasteiger partial charge in [-0.2, -0.15) is 0 Å². The summed E-state index contributed by atoms with van der Waals surface area (Å²) in [4.78, 5) is 27.9. The molecule has 0 N–H and O–H groups in total. The van der Waals surface area contributed by atoms with E-state index in [1.165, 1.54) is 7.11 Å². The lowest BCUT2D eigenvalue weighted by atomic mass is 9.85. The van der Waals surface area contributed by atoms with Crippen molar-refractivity contribution in [1.29, 1.82) is 0 Å². The van der Waals surface area contributed by atoms with E-state index in [-0.39, 0.29) is 17.4 Å². The highest BCUT2D eigenvalue weighted by Gasteiger charge is 2.24. The van der Waals surface area contributed by atoms with Crippen molar-refractivity contribution >= 4 is 12.0 Å². The van der Waals surface area contributed by atoms with Gasteiger partial charge < -0.3 is 19.3 Å². The number of carbonyl (C=O) groups is 2. The van der Waals surface area contributed by atoms with Gasteiger partial charge in [0.05, 0.1) is 20.6 Å². The maximum atomic E-state index is 12.7. The minimum Gasteiger partial charge on any atom is -0.496 e. The number of nitrogens with zero attached hydrogens (tertiary/aromatic N) is 2. The second-order valence-electron chi connectivity index (χ2n) is 7.65. The van der Waals surface area contributed by atoms with Crippen LogP contribution in [-0.4, -0.2) is 62.2 Å². The normalized spacial score (nSPS) is 15.4. The van der Waals surface area contributed by atoms with Crippen LogP contribution in [0.2, 0.25) is 0 Å². The Morgan fingerprint density at radius 3 is 2.31 bits per heavy atom. The third kappa shape index (κ3) is 4.90. The highest BCUT2D eigenvalue weighted by molar-refractivity contribution is 5.79. The van der Waals surface area contributed by atoms with E-state index in [0.29, 0.717) is 32.6 Å². The highest BCUT2D eigenvalue weighted by Crippen LogP contribution is 2.32. The third-order valence-corrected chi connectivity index (χ3v) is 4.71. The molecular weight excluding hydrogens is 332 g/mol. The van der Waals surface area contributed by atoms with Gasteiger partial charge in [0.15, 0.2) is 0 Å². The predicted molar refractivity (Wildman–Crippen MR) is 101 cm³/mol. The van der Waals surface area contributed by atoms with Gasteiger partial charge in [-0.05, 0) is 29.0 Å². The maximum Gasteiger partial charge on any atom is 0.409 e. The third-order valence-electron chi connectivity index (χ3n) is 4.71. The summed E-state index contributed by atoms with van der Waals surface area (Å²) < 4.78 is 10.2. The standard InChI is InChI=1S/C20H30N2O4/c1-20(2,3)16-13-15(7-8-17(16)25-4)14-18(23)21-9-6-10-22(12-11-21)19(24)26-5/h7-8,13H,6,9-12,14H2,1-5H3. The van der Waals surface area contributed by atoms with Gasteiger partial charge in [0, 0.05) is 26.2 Å². The smallest absolute Gasteiger partial charge is 0.409 e. The number of methoxy groups -OCH3 is 2. The van der Waals surface area contributed by atoms with Gasteiger partial charge in [-0.3, -0.25) is 4.79 Å². The molecule has 0 bridgehead atoms. The Morgan fingerprint density at radius 2 is 1.69 bits per heavy atom. The lowest BCUT2D eigenvalue weighted by molar-refractivity contribution is -0.130. The molecule has 0 atom stereocenters. The summed E-state index contributed by atoms with van der Waals surface area (Å²) in [5.41, 5.74) is 2.02. The molecule has 2 rings (SSSR count). The monoisotopic (exact) mass is 362 g/mol. The largest absolute Gasteiger partial charge is 0.496 e. The first-order valence-corrected chi connectivity index (χ1v) is 9.04. The highest BCUT2D eigenvalue weighted by atomic mass is 16.5. The van der Waals surface area contributed by atoms with E-state index < -0.39 is 0 Å². The second kappa shape index (κ2) is 8.43. The maximum absolute atomic E-state index is 12.7. The Morgan fingerprint density at radius 1 is 1.04 bits per heavy atom. The molecule has 144 valence electrons. The molecule has 1 aromatic carbocycles. The quantitative estimate of drug-likeness (QED) is 0.830. The van der Waals surface area contributed by atoms with Crippen molar-refractivity contribution in [2.24, 2.45) is 0 Å². The summed E-state index contributed by atoms with van der Waals surface area (Å²) in [6.07, 6.45) is 0.784.